The normalized spacial score (nSPS) is 29.4. The second-order valence-corrected chi connectivity index (χ2v) is 4.64. The predicted molar refractivity (Wildman–Crippen MR) is 64.5 cm³/mol. The molecule has 1 saturated heterocycles. The summed E-state index contributed by atoms with van der Waals surface area (Å²) in [5.41, 5.74) is 6.20. The number of nitrogens with two attached hydrogens (primary N) is 1. The third-order valence-corrected chi connectivity index (χ3v) is 2.89. The van der Waals surface area contributed by atoms with Gasteiger partial charge in [0, 0.05) is 18.1 Å². The van der Waals surface area contributed by atoms with Crippen LogP contribution in [0.2, 0.25) is 0 Å². The van der Waals surface area contributed by atoms with E-state index in [0.29, 0.717) is 6.04 Å². The van der Waals surface area contributed by atoms with Crippen LogP contribution >= 0.6 is 0 Å². The van der Waals surface area contributed by atoms with Crippen LogP contribution in [-0.2, 0) is 0 Å². The Balaban J connectivity index is 0.000000791. The molecule has 1 fully saturated rings. The van der Waals surface area contributed by atoms with Crippen LogP contribution in [0.15, 0.2) is 0 Å². The molecule has 1 rings (SSSR count). The van der Waals surface area contributed by atoms with Gasteiger partial charge in [-0.3, -0.25) is 0 Å². The van der Waals surface area contributed by atoms with E-state index in [2.05, 4.69) is 25.7 Å². The van der Waals surface area contributed by atoms with E-state index in [1.165, 1.54) is 25.9 Å². The van der Waals surface area contributed by atoms with E-state index in [1.54, 1.807) is 0 Å². The van der Waals surface area contributed by atoms with Gasteiger partial charge < -0.3 is 10.6 Å². The highest BCUT2D eigenvalue weighted by atomic mass is 15.1. The predicted octanol–water partition coefficient (Wildman–Crippen LogP) is 2.62. The first-order chi connectivity index (χ1) is 6.51. The van der Waals surface area contributed by atoms with Crippen LogP contribution in [0.25, 0.3) is 0 Å². The average molecular weight is 200 g/mol. The highest BCUT2D eigenvalue weighted by Crippen LogP contribution is 2.19. The minimum Gasteiger partial charge on any atom is -0.325 e. The summed E-state index contributed by atoms with van der Waals surface area (Å²) in [5.74, 6) is 0. The van der Waals surface area contributed by atoms with Crippen molar-refractivity contribution in [3.63, 3.8) is 0 Å². The molecule has 2 N–H and O–H groups in total. The lowest BCUT2D eigenvalue weighted by molar-refractivity contribution is 0.226. The Hall–Kier alpha value is -0.0800. The lowest BCUT2D eigenvalue weighted by atomic mass is 9.95. The zero-order valence-corrected chi connectivity index (χ0v) is 10.6. The number of hydrogen-bond donors (Lipinski definition) is 1. The Bertz CT molecular complexity index is 141. The molecular weight excluding hydrogens is 172 g/mol. The fourth-order valence-electron chi connectivity index (χ4n) is 1.84. The van der Waals surface area contributed by atoms with Crippen molar-refractivity contribution in [3.8, 4) is 0 Å². The largest absolute Gasteiger partial charge is 0.325 e. The molecule has 86 valence electrons. The van der Waals surface area contributed by atoms with Crippen molar-refractivity contribution in [2.75, 3.05) is 13.1 Å². The first-order valence-corrected chi connectivity index (χ1v) is 6.04. The summed E-state index contributed by atoms with van der Waals surface area (Å²) in [6, 6.07) is 0.680. The molecule has 2 heteroatoms. The van der Waals surface area contributed by atoms with Gasteiger partial charge in [-0.05, 0) is 46.6 Å². The number of nitrogens with zero attached hydrogens (tertiary/aromatic N) is 1. The molecule has 0 radical (unpaired) electrons. The molecule has 14 heavy (non-hydrogen) atoms. The summed E-state index contributed by atoms with van der Waals surface area (Å²) in [6.07, 6.45) is 3.58. The Kier molecular flexibility index (Phi) is 6.38. The van der Waals surface area contributed by atoms with Gasteiger partial charge in [-0.15, -0.1) is 0 Å². The molecular formula is C12H28N2. The van der Waals surface area contributed by atoms with Gasteiger partial charge in [-0.1, -0.05) is 13.8 Å². The van der Waals surface area contributed by atoms with Crippen molar-refractivity contribution in [1.29, 1.82) is 0 Å². The van der Waals surface area contributed by atoms with Gasteiger partial charge in [-0.2, -0.15) is 0 Å². The van der Waals surface area contributed by atoms with Crippen LogP contribution in [-0.4, -0.2) is 29.6 Å². The van der Waals surface area contributed by atoms with Gasteiger partial charge in [0.05, 0.1) is 0 Å². The maximum Gasteiger partial charge on any atom is 0.0138 e. The maximum atomic E-state index is 6.11. The topological polar surface area (TPSA) is 29.3 Å². The Morgan fingerprint density at radius 1 is 1.14 bits per heavy atom. The molecule has 0 aromatic heterocycles. The molecule has 1 aliphatic rings. The first kappa shape index (κ1) is 13.9. The number of likely N-dealkylation sites (tertiary alicyclic amines) is 1. The Morgan fingerprint density at radius 3 is 2.21 bits per heavy atom. The van der Waals surface area contributed by atoms with Gasteiger partial charge in [0.1, 0.15) is 0 Å². The molecule has 0 aliphatic carbocycles. The van der Waals surface area contributed by atoms with Crippen LogP contribution in [0.3, 0.4) is 0 Å². The smallest absolute Gasteiger partial charge is 0.0138 e. The summed E-state index contributed by atoms with van der Waals surface area (Å²) in [5, 5.41) is 0. The number of hydrogen-bond acceptors (Lipinski definition) is 2. The minimum atomic E-state index is 0.0869. The Labute approximate surface area is 89.9 Å². The quantitative estimate of drug-likeness (QED) is 0.705. The first-order valence-electron chi connectivity index (χ1n) is 6.04. The molecule has 0 bridgehead atoms. The monoisotopic (exact) mass is 200 g/mol. The average Bonchev–Trinajstić information content (AvgIpc) is 2.30. The summed E-state index contributed by atoms with van der Waals surface area (Å²) in [6.45, 7) is 13.1. The summed E-state index contributed by atoms with van der Waals surface area (Å²) in [7, 11) is 0. The van der Waals surface area contributed by atoms with Gasteiger partial charge in [0.25, 0.3) is 0 Å². The molecule has 0 saturated carbocycles. The van der Waals surface area contributed by atoms with Gasteiger partial charge >= 0.3 is 0 Å². The highest BCUT2D eigenvalue weighted by molar-refractivity contribution is 4.84. The number of rotatable bonds is 1. The SMILES string of the molecule is CC.CC(C)N1CCCC(C)(N)CC1. The van der Waals surface area contributed by atoms with E-state index >= 15 is 0 Å². The highest BCUT2D eigenvalue weighted by Gasteiger charge is 2.24. The molecule has 1 atom stereocenters. The van der Waals surface area contributed by atoms with E-state index in [9.17, 15) is 0 Å². The molecule has 2 nitrogen and oxygen atoms in total. The fraction of sp³-hybridized carbons (Fsp3) is 1.00. The van der Waals surface area contributed by atoms with Crippen molar-refractivity contribution >= 4 is 0 Å². The fourth-order valence-corrected chi connectivity index (χ4v) is 1.84. The molecule has 0 amide bonds. The van der Waals surface area contributed by atoms with Crippen LogP contribution in [0.4, 0.5) is 0 Å². The molecule has 0 aromatic rings. The molecule has 1 unspecified atom stereocenters. The van der Waals surface area contributed by atoms with E-state index in [1.807, 2.05) is 13.8 Å². The second-order valence-electron chi connectivity index (χ2n) is 4.64. The minimum absolute atomic E-state index is 0.0869. The van der Waals surface area contributed by atoms with E-state index < -0.39 is 0 Å². The van der Waals surface area contributed by atoms with Gasteiger partial charge in [0.2, 0.25) is 0 Å². The van der Waals surface area contributed by atoms with E-state index in [-0.39, 0.29) is 5.54 Å². The van der Waals surface area contributed by atoms with Crippen molar-refractivity contribution in [2.45, 2.75) is 65.5 Å². The van der Waals surface area contributed by atoms with Crippen molar-refractivity contribution in [3.05, 3.63) is 0 Å². The standard InChI is InChI=1S/C10H22N2.C2H6/c1-9(2)12-7-4-5-10(3,11)6-8-12;1-2/h9H,4-8,11H2,1-3H3;1-2H3. The summed E-state index contributed by atoms with van der Waals surface area (Å²) in [4.78, 5) is 2.53. The van der Waals surface area contributed by atoms with Gasteiger partial charge in [-0.25, -0.2) is 0 Å². The zero-order valence-electron chi connectivity index (χ0n) is 10.6. The lowest BCUT2D eigenvalue weighted by Gasteiger charge is -2.25. The van der Waals surface area contributed by atoms with E-state index in [4.69, 9.17) is 5.73 Å². The lowest BCUT2D eigenvalue weighted by Crippen LogP contribution is -2.38. The van der Waals surface area contributed by atoms with Crippen LogP contribution in [0.5, 0.6) is 0 Å². The molecule has 0 spiro atoms. The molecule has 1 heterocycles. The van der Waals surface area contributed by atoms with Crippen LogP contribution < -0.4 is 5.73 Å². The third kappa shape index (κ3) is 4.97. The van der Waals surface area contributed by atoms with Crippen molar-refractivity contribution in [2.24, 2.45) is 5.73 Å². The maximum absolute atomic E-state index is 6.11. The van der Waals surface area contributed by atoms with Crippen molar-refractivity contribution in [1.82, 2.24) is 4.90 Å². The zero-order chi connectivity index (χ0) is 11.2. The second kappa shape index (κ2) is 6.41. The van der Waals surface area contributed by atoms with Crippen LogP contribution in [0.1, 0.15) is 53.9 Å². The summed E-state index contributed by atoms with van der Waals surface area (Å²) >= 11 is 0. The van der Waals surface area contributed by atoms with Gasteiger partial charge in [0.15, 0.2) is 0 Å². The van der Waals surface area contributed by atoms with Crippen molar-refractivity contribution < 1.29 is 0 Å². The van der Waals surface area contributed by atoms with Crippen LogP contribution in [0, 0.1) is 0 Å². The third-order valence-electron chi connectivity index (χ3n) is 2.89. The Morgan fingerprint density at radius 2 is 1.71 bits per heavy atom. The molecule has 0 aromatic carbocycles. The molecule has 1 aliphatic heterocycles. The summed E-state index contributed by atoms with van der Waals surface area (Å²) < 4.78 is 0. The van der Waals surface area contributed by atoms with E-state index in [0.717, 1.165) is 6.42 Å².